The highest BCUT2D eigenvalue weighted by Gasteiger charge is 2.46. The number of amides is 1. The lowest BCUT2D eigenvalue weighted by Crippen LogP contribution is -2.38. The average Bonchev–Trinajstić information content (AvgIpc) is 3.09. The zero-order valence-electron chi connectivity index (χ0n) is 12.1. The van der Waals surface area contributed by atoms with Crippen LogP contribution in [-0.2, 0) is 4.79 Å². The molecule has 5 nitrogen and oxygen atoms in total. The first-order valence-electron chi connectivity index (χ1n) is 8.16. The Labute approximate surface area is 129 Å². The number of azo groups is 1. The zero-order chi connectivity index (χ0) is 14.4. The molecule has 6 unspecified atom stereocenters. The Balaban J connectivity index is 1.50. The van der Waals surface area contributed by atoms with Crippen molar-refractivity contribution in [1.82, 2.24) is 0 Å². The fraction of sp³-hybridized carbons (Fsp3) is 0.867. The first-order valence-corrected chi connectivity index (χ1v) is 9.04. The third-order valence-electron chi connectivity index (χ3n) is 5.49. The van der Waals surface area contributed by atoms with Crippen LogP contribution in [0.2, 0.25) is 0 Å². The Morgan fingerprint density at radius 3 is 2.76 bits per heavy atom. The van der Waals surface area contributed by atoms with Crippen LogP contribution in [0.5, 0.6) is 0 Å². The third-order valence-corrected chi connectivity index (χ3v) is 6.94. The normalized spacial score (nSPS) is 45.0. The topological polar surface area (TPSA) is 80.2 Å². The second kappa shape index (κ2) is 5.38. The predicted molar refractivity (Wildman–Crippen MR) is 83.5 cm³/mol. The number of thioether (sulfide) groups is 1. The van der Waals surface area contributed by atoms with Gasteiger partial charge in [0.15, 0.2) is 0 Å². The summed E-state index contributed by atoms with van der Waals surface area (Å²) in [5.41, 5.74) is 5.51. The second-order valence-electron chi connectivity index (χ2n) is 6.79. The van der Waals surface area contributed by atoms with Crippen molar-refractivity contribution in [1.29, 1.82) is 0 Å². The van der Waals surface area contributed by atoms with Gasteiger partial charge < -0.3 is 5.73 Å². The summed E-state index contributed by atoms with van der Waals surface area (Å²) >= 11 is 1.94. The summed E-state index contributed by atoms with van der Waals surface area (Å²) in [6.07, 6.45) is 7.80. The molecule has 0 spiro atoms. The van der Waals surface area contributed by atoms with Gasteiger partial charge >= 0.3 is 0 Å². The van der Waals surface area contributed by atoms with E-state index in [4.69, 9.17) is 10.7 Å². The van der Waals surface area contributed by atoms with Gasteiger partial charge in [-0.1, -0.05) is 12.8 Å². The molecule has 2 fully saturated rings. The summed E-state index contributed by atoms with van der Waals surface area (Å²) < 4.78 is 0. The molecule has 0 saturated heterocycles. The number of nitrogens with two attached hydrogens (primary N) is 1. The highest BCUT2D eigenvalue weighted by Crippen LogP contribution is 2.45. The van der Waals surface area contributed by atoms with Crippen molar-refractivity contribution in [2.45, 2.75) is 68.3 Å². The molecule has 21 heavy (non-hydrogen) atoms. The van der Waals surface area contributed by atoms with E-state index in [1.54, 1.807) is 0 Å². The molecule has 6 atom stereocenters. The van der Waals surface area contributed by atoms with Crippen LogP contribution in [0.3, 0.4) is 0 Å². The molecule has 0 aromatic heterocycles. The Morgan fingerprint density at radius 2 is 1.95 bits per heavy atom. The number of carbonyl (C=O) groups is 1. The molecule has 2 N–H and O–H groups in total. The maximum atomic E-state index is 11.5. The SMILES string of the molecule is NC(=O)C1CCC2N=NC(C3=NC4CCCCC4S3)C2C1. The molecule has 2 aliphatic heterocycles. The summed E-state index contributed by atoms with van der Waals surface area (Å²) in [7, 11) is 0. The molecule has 114 valence electrons. The molecule has 6 heteroatoms. The monoisotopic (exact) mass is 306 g/mol. The number of aliphatic imine (C=N–C) groups is 1. The number of hydrogen-bond acceptors (Lipinski definition) is 5. The molecule has 4 rings (SSSR count). The number of nitrogens with zero attached hydrogens (tertiary/aromatic N) is 3. The van der Waals surface area contributed by atoms with E-state index in [0.717, 1.165) is 19.3 Å². The molecular formula is C15H22N4OS. The largest absolute Gasteiger partial charge is 0.369 e. The van der Waals surface area contributed by atoms with E-state index in [0.29, 0.717) is 17.2 Å². The average molecular weight is 306 g/mol. The van der Waals surface area contributed by atoms with Gasteiger partial charge in [0.1, 0.15) is 6.04 Å². The van der Waals surface area contributed by atoms with Crippen LogP contribution in [0.15, 0.2) is 15.2 Å². The van der Waals surface area contributed by atoms with E-state index in [2.05, 4.69) is 10.2 Å². The van der Waals surface area contributed by atoms with Gasteiger partial charge in [-0.15, -0.1) is 11.8 Å². The molecule has 0 aromatic carbocycles. The van der Waals surface area contributed by atoms with Crippen molar-refractivity contribution >= 4 is 22.7 Å². The van der Waals surface area contributed by atoms with E-state index in [1.807, 2.05) is 11.8 Å². The minimum atomic E-state index is -0.159. The Kier molecular flexibility index (Phi) is 3.52. The number of rotatable bonds is 2. The van der Waals surface area contributed by atoms with Crippen molar-refractivity contribution in [2.24, 2.45) is 32.8 Å². The van der Waals surface area contributed by atoms with E-state index in [1.165, 1.54) is 30.7 Å². The molecule has 2 saturated carbocycles. The van der Waals surface area contributed by atoms with Crippen molar-refractivity contribution < 1.29 is 4.79 Å². The second-order valence-corrected chi connectivity index (χ2v) is 8.05. The first kappa shape index (κ1) is 13.7. The van der Waals surface area contributed by atoms with Crippen LogP contribution in [0, 0.1) is 11.8 Å². The van der Waals surface area contributed by atoms with Crippen LogP contribution in [-0.4, -0.2) is 34.3 Å². The van der Waals surface area contributed by atoms with Crippen LogP contribution in [0.1, 0.15) is 44.9 Å². The molecular weight excluding hydrogens is 284 g/mol. The summed E-state index contributed by atoms with van der Waals surface area (Å²) in [4.78, 5) is 16.5. The van der Waals surface area contributed by atoms with Gasteiger partial charge in [-0.05, 0) is 32.1 Å². The fourth-order valence-corrected chi connectivity index (χ4v) is 5.77. The van der Waals surface area contributed by atoms with E-state index < -0.39 is 0 Å². The molecule has 0 radical (unpaired) electrons. The van der Waals surface area contributed by atoms with E-state index in [-0.39, 0.29) is 23.9 Å². The Bertz CT molecular complexity index is 506. The Morgan fingerprint density at radius 1 is 1.10 bits per heavy atom. The maximum Gasteiger partial charge on any atom is 0.220 e. The standard InChI is InChI=1S/C15H22N4OS/c16-14(20)8-5-6-10-9(7-8)13(19-18-10)15-17-11-3-1-2-4-12(11)21-15/h8-13H,1-7H2,(H2,16,20). The quantitative estimate of drug-likeness (QED) is 0.850. The number of fused-ring (bicyclic) bond motifs is 2. The smallest absolute Gasteiger partial charge is 0.220 e. The van der Waals surface area contributed by atoms with Crippen molar-refractivity contribution in [3.05, 3.63) is 0 Å². The van der Waals surface area contributed by atoms with Crippen molar-refractivity contribution in [3.8, 4) is 0 Å². The first-order chi connectivity index (χ1) is 10.2. The van der Waals surface area contributed by atoms with Gasteiger partial charge in [0.05, 0.1) is 17.1 Å². The molecule has 2 heterocycles. The number of hydrogen-bond donors (Lipinski definition) is 1. The molecule has 4 aliphatic rings. The Hall–Kier alpha value is -0.910. The van der Waals surface area contributed by atoms with Crippen LogP contribution >= 0.6 is 11.8 Å². The van der Waals surface area contributed by atoms with Crippen LogP contribution < -0.4 is 5.73 Å². The van der Waals surface area contributed by atoms with Gasteiger partial charge in [0.2, 0.25) is 5.91 Å². The molecule has 0 bridgehead atoms. The van der Waals surface area contributed by atoms with E-state index >= 15 is 0 Å². The van der Waals surface area contributed by atoms with Gasteiger partial charge in [-0.3, -0.25) is 9.79 Å². The maximum absolute atomic E-state index is 11.5. The van der Waals surface area contributed by atoms with Crippen LogP contribution in [0.4, 0.5) is 0 Å². The minimum Gasteiger partial charge on any atom is -0.369 e. The molecule has 2 aliphatic carbocycles. The minimum absolute atomic E-state index is 0.00605. The third kappa shape index (κ3) is 2.41. The summed E-state index contributed by atoms with van der Waals surface area (Å²) in [5.74, 6) is 0.197. The highest BCUT2D eigenvalue weighted by molar-refractivity contribution is 8.14. The lowest BCUT2D eigenvalue weighted by molar-refractivity contribution is -0.123. The fourth-order valence-electron chi connectivity index (χ4n) is 4.26. The van der Waals surface area contributed by atoms with Gasteiger partial charge in [0.25, 0.3) is 0 Å². The van der Waals surface area contributed by atoms with Crippen molar-refractivity contribution in [3.63, 3.8) is 0 Å². The number of carbonyl (C=O) groups excluding carboxylic acids is 1. The summed E-state index contributed by atoms with van der Waals surface area (Å²) in [6, 6.07) is 0.896. The van der Waals surface area contributed by atoms with Gasteiger partial charge in [-0.2, -0.15) is 10.2 Å². The van der Waals surface area contributed by atoms with Crippen LogP contribution in [0.25, 0.3) is 0 Å². The lowest BCUT2D eigenvalue weighted by atomic mass is 9.75. The van der Waals surface area contributed by atoms with Crippen molar-refractivity contribution in [2.75, 3.05) is 0 Å². The van der Waals surface area contributed by atoms with E-state index in [9.17, 15) is 4.79 Å². The predicted octanol–water partition coefficient (Wildman–Crippen LogP) is 2.55. The zero-order valence-corrected chi connectivity index (χ0v) is 13.0. The van der Waals surface area contributed by atoms with Gasteiger partial charge in [-0.25, -0.2) is 0 Å². The summed E-state index contributed by atoms with van der Waals surface area (Å²) in [6.45, 7) is 0. The summed E-state index contributed by atoms with van der Waals surface area (Å²) in [5, 5.41) is 10.9. The molecule has 1 amide bonds. The lowest BCUT2D eigenvalue weighted by Gasteiger charge is -2.30. The molecule has 0 aromatic rings. The van der Waals surface area contributed by atoms with Gasteiger partial charge in [0, 0.05) is 17.1 Å². The number of primary amides is 1. The highest BCUT2D eigenvalue weighted by atomic mass is 32.2.